The van der Waals surface area contributed by atoms with Crippen molar-refractivity contribution in [2.45, 2.75) is 5.92 Å². The summed E-state index contributed by atoms with van der Waals surface area (Å²) in [5.74, 6) is -2.88. The molecular formula is C33H24N6O6. The van der Waals surface area contributed by atoms with Crippen molar-refractivity contribution >= 4 is 28.6 Å². The third kappa shape index (κ3) is 4.98. The van der Waals surface area contributed by atoms with Crippen molar-refractivity contribution in [1.82, 2.24) is 15.0 Å². The van der Waals surface area contributed by atoms with Crippen LogP contribution >= 0.6 is 0 Å². The summed E-state index contributed by atoms with van der Waals surface area (Å²) in [6.07, 6.45) is 1.54. The fourth-order valence-electron chi connectivity index (χ4n) is 5.27. The van der Waals surface area contributed by atoms with Gasteiger partial charge in [-0.2, -0.15) is 10.4 Å². The topological polar surface area (TPSA) is 167 Å². The number of hydrogen-bond donors (Lipinski definition) is 1. The molecule has 1 unspecified atom stereocenters. The van der Waals surface area contributed by atoms with Gasteiger partial charge < -0.3 is 19.6 Å². The molecule has 2 aromatic heterocycles. The van der Waals surface area contributed by atoms with Gasteiger partial charge in [0.05, 0.1) is 49.2 Å². The molecule has 0 fully saturated rings. The molecule has 0 spiro atoms. The number of nitrogens with zero attached hydrogens (tertiary/aromatic N) is 5. The maximum Gasteiger partial charge on any atom is 0.364 e. The summed E-state index contributed by atoms with van der Waals surface area (Å²) >= 11 is 0. The van der Waals surface area contributed by atoms with Crippen LogP contribution < -0.4 is 16.3 Å². The van der Waals surface area contributed by atoms with Crippen LogP contribution in [0.2, 0.25) is 0 Å². The van der Waals surface area contributed by atoms with E-state index in [1.54, 1.807) is 54.7 Å². The molecule has 3 heterocycles. The Balaban J connectivity index is 1.50. The fourth-order valence-corrected chi connectivity index (χ4v) is 5.27. The van der Waals surface area contributed by atoms with E-state index in [0.29, 0.717) is 16.6 Å². The van der Waals surface area contributed by atoms with Crippen molar-refractivity contribution < 1.29 is 23.5 Å². The van der Waals surface area contributed by atoms with E-state index < -0.39 is 23.5 Å². The minimum absolute atomic E-state index is 0.00475. The summed E-state index contributed by atoms with van der Waals surface area (Å²) in [7, 11) is 2.33. The Labute approximate surface area is 255 Å². The highest BCUT2D eigenvalue weighted by Crippen LogP contribution is 2.43. The minimum Gasteiger partial charge on any atom is -0.466 e. The summed E-state index contributed by atoms with van der Waals surface area (Å²) in [5.41, 5.74) is 7.85. The largest absolute Gasteiger partial charge is 0.466 e. The van der Waals surface area contributed by atoms with Crippen LogP contribution in [0, 0.1) is 11.3 Å². The number of benzene rings is 3. The van der Waals surface area contributed by atoms with E-state index in [-0.39, 0.29) is 39.6 Å². The third-order valence-electron chi connectivity index (χ3n) is 7.35. The molecule has 0 saturated heterocycles. The lowest BCUT2D eigenvalue weighted by atomic mass is 9.81. The van der Waals surface area contributed by atoms with Gasteiger partial charge in [-0.15, -0.1) is 9.90 Å². The zero-order valence-electron chi connectivity index (χ0n) is 24.0. The van der Waals surface area contributed by atoms with E-state index in [1.165, 1.54) is 22.9 Å². The van der Waals surface area contributed by atoms with Gasteiger partial charge in [-0.25, -0.2) is 14.4 Å². The Kier molecular flexibility index (Phi) is 7.42. The van der Waals surface area contributed by atoms with E-state index in [4.69, 9.17) is 19.6 Å². The first-order valence-electron chi connectivity index (χ1n) is 13.6. The van der Waals surface area contributed by atoms with Crippen LogP contribution in [-0.4, -0.2) is 41.2 Å². The van der Waals surface area contributed by atoms with Crippen LogP contribution in [0.3, 0.4) is 0 Å². The van der Waals surface area contributed by atoms with Crippen LogP contribution in [0.4, 0.5) is 5.69 Å². The monoisotopic (exact) mass is 600 g/mol. The Morgan fingerprint density at radius 1 is 0.956 bits per heavy atom. The van der Waals surface area contributed by atoms with E-state index in [0.717, 1.165) is 12.7 Å². The Hall–Kier alpha value is -6.48. The molecule has 3 aromatic carbocycles. The van der Waals surface area contributed by atoms with Gasteiger partial charge in [0.1, 0.15) is 22.8 Å². The Morgan fingerprint density at radius 2 is 1.64 bits per heavy atom. The number of hydrogen-bond acceptors (Lipinski definition) is 11. The third-order valence-corrected chi connectivity index (χ3v) is 7.35. The Morgan fingerprint density at radius 3 is 2.31 bits per heavy atom. The van der Waals surface area contributed by atoms with Crippen molar-refractivity contribution in [1.29, 1.82) is 5.26 Å². The molecule has 0 radical (unpaired) electrons. The normalized spacial score (nSPS) is 14.8. The lowest BCUT2D eigenvalue weighted by Gasteiger charge is -2.35. The summed E-state index contributed by atoms with van der Waals surface area (Å²) in [6, 6.07) is 26.4. The van der Waals surface area contributed by atoms with Gasteiger partial charge >= 0.3 is 17.6 Å². The van der Waals surface area contributed by atoms with Gasteiger partial charge in [-0.05, 0) is 23.8 Å². The number of nitriles is 1. The molecule has 2 N–H and O–H groups in total. The molecule has 45 heavy (non-hydrogen) atoms. The highest BCUT2D eigenvalue weighted by Gasteiger charge is 2.43. The van der Waals surface area contributed by atoms with Gasteiger partial charge in [0.25, 0.3) is 0 Å². The highest BCUT2D eigenvalue weighted by molar-refractivity contribution is 6.06. The first kappa shape index (κ1) is 28.6. The zero-order chi connectivity index (χ0) is 31.7. The predicted octanol–water partition coefficient (Wildman–Crippen LogP) is 3.94. The van der Waals surface area contributed by atoms with Crippen LogP contribution in [0.15, 0.2) is 123 Å². The van der Waals surface area contributed by atoms with E-state index in [9.17, 15) is 19.6 Å². The van der Waals surface area contributed by atoms with Crippen molar-refractivity contribution in [3.8, 4) is 23.0 Å². The van der Waals surface area contributed by atoms with Crippen LogP contribution in [-0.2, 0) is 19.1 Å². The number of carbonyl (C=O) groups is 2. The molecule has 5 aromatic rings. The molecule has 0 bridgehead atoms. The van der Waals surface area contributed by atoms with E-state index >= 15 is 0 Å². The number of esters is 2. The lowest BCUT2D eigenvalue weighted by Crippen LogP contribution is -2.40. The van der Waals surface area contributed by atoms with Gasteiger partial charge in [-0.1, -0.05) is 60.7 Å². The molecule has 1 atom stereocenters. The first-order valence-corrected chi connectivity index (χ1v) is 13.6. The average Bonchev–Trinajstić information content (AvgIpc) is 3.57. The van der Waals surface area contributed by atoms with Crippen molar-refractivity contribution in [2.24, 2.45) is 5.73 Å². The SMILES string of the molecule is COC(=O)C1=C(C(=O)OC)N(c2ccc3cc(-n4ncc(-c5ccccc5)n4)c(=O)oc3c2)C(N)=C(C#N)C1c1ccccc1. The molecule has 1 aliphatic heterocycles. The molecule has 0 aliphatic carbocycles. The number of aromatic nitrogens is 3. The standard InChI is InChI=1S/C33H24N6O6/c1-43-32(41)28-27(20-11-7-4-8-12-20)23(17-34)30(35)38(29(28)33(42)44-2)22-14-13-21-15-25(31(40)45-26(21)16-22)39-36-18-24(37-39)19-9-5-3-6-10-19/h3-16,18,27H,35H2,1-2H3. The smallest absolute Gasteiger partial charge is 0.364 e. The Bertz CT molecular complexity index is 2130. The molecule has 6 rings (SSSR count). The minimum atomic E-state index is -1.02. The lowest BCUT2D eigenvalue weighted by molar-refractivity contribution is -0.139. The molecule has 12 heteroatoms. The molecule has 0 amide bonds. The molecule has 1 aliphatic rings. The second kappa shape index (κ2) is 11.7. The molecule has 0 saturated carbocycles. The molecule has 222 valence electrons. The number of fused-ring (bicyclic) bond motifs is 1. The number of rotatable bonds is 6. The highest BCUT2D eigenvalue weighted by atomic mass is 16.5. The number of ether oxygens (including phenoxy) is 2. The summed E-state index contributed by atoms with van der Waals surface area (Å²) in [6.45, 7) is 0. The number of allylic oxidation sites excluding steroid dienone is 1. The zero-order valence-corrected chi connectivity index (χ0v) is 24.0. The van der Waals surface area contributed by atoms with Crippen molar-refractivity contribution in [3.05, 3.63) is 130 Å². The molecular weight excluding hydrogens is 576 g/mol. The summed E-state index contributed by atoms with van der Waals surface area (Å²) in [4.78, 5) is 42.2. The first-order chi connectivity index (χ1) is 21.9. The van der Waals surface area contributed by atoms with Crippen LogP contribution in [0.5, 0.6) is 0 Å². The second-order valence-corrected chi connectivity index (χ2v) is 9.86. The van der Waals surface area contributed by atoms with Gasteiger partial charge in [0.15, 0.2) is 5.69 Å². The summed E-state index contributed by atoms with van der Waals surface area (Å²) in [5, 5.41) is 19.4. The van der Waals surface area contributed by atoms with E-state index in [2.05, 4.69) is 16.3 Å². The van der Waals surface area contributed by atoms with Crippen molar-refractivity contribution in [2.75, 3.05) is 19.1 Å². The number of methoxy groups -OCH3 is 2. The average molecular weight is 601 g/mol. The quantitative estimate of drug-likeness (QED) is 0.221. The van der Waals surface area contributed by atoms with Gasteiger partial charge in [0, 0.05) is 17.0 Å². The van der Waals surface area contributed by atoms with Gasteiger partial charge in [-0.3, -0.25) is 4.90 Å². The van der Waals surface area contributed by atoms with E-state index in [1.807, 2.05) is 30.3 Å². The maximum absolute atomic E-state index is 13.3. The number of anilines is 1. The van der Waals surface area contributed by atoms with Gasteiger partial charge in [0.2, 0.25) is 0 Å². The van der Waals surface area contributed by atoms with Crippen LogP contribution in [0.25, 0.3) is 27.9 Å². The summed E-state index contributed by atoms with van der Waals surface area (Å²) < 4.78 is 15.8. The maximum atomic E-state index is 13.3. The molecule has 12 nitrogen and oxygen atoms in total. The number of nitrogens with two attached hydrogens (primary N) is 1. The second-order valence-electron chi connectivity index (χ2n) is 9.86. The van der Waals surface area contributed by atoms with Crippen molar-refractivity contribution in [3.63, 3.8) is 0 Å². The van der Waals surface area contributed by atoms with Crippen LogP contribution in [0.1, 0.15) is 11.5 Å². The number of carbonyl (C=O) groups excluding carboxylic acids is 2. The fraction of sp³-hybridized carbons (Fsp3) is 0.0909. The predicted molar refractivity (Wildman–Crippen MR) is 162 cm³/mol.